The number of amides is 1. The van der Waals surface area contributed by atoms with E-state index in [0.29, 0.717) is 13.0 Å². The zero-order valence-electron chi connectivity index (χ0n) is 14.8. The van der Waals surface area contributed by atoms with Crippen LogP contribution in [-0.2, 0) is 11.2 Å². The van der Waals surface area contributed by atoms with Crippen molar-refractivity contribution in [1.82, 2.24) is 14.5 Å². The van der Waals surface area contributed by atoms with Crippen molar-refractivity contribution in [1.29, 1.82) is 0 Å². The molecule has 1 aliphatic heterocycles. The summed E-state index contributed by atoms with van der Waals surface area (Å²) in [5, 5.41) is 3.84. The van der Waals surface area contributed by atoms with Gasteiger partial charge < -0.3 is 10.1 Å². The number of aromatic nitrogens is 3. The summed E-state index contributed by atoms with van der Waals surface area (Å²) >= 11 is 1.70. The van der Waals surface area contributed by atoms with Gasteiger partial charge in [0, 0.05) is 36.5 Å². The predicted octanol–water partition coefficient (Wildman–Crippen LogP) is 3.71. The minimum atomic E-state index is 0.0813. The lowest BCUT2D eigenvalue weighted by atomic mass is 10.0. The smallest absolute Gasteiger partial charge is 0.224 e. The molecule has 0 fully saturated rings. The Bertz CT molecular complexity index is 927. The maximum atomic E-state index is 11.4. The van der Waals surface area contributed by atoms with E-state index in [1.54, 1.807) is 24.2 Å². The van der Waals surface area contributed by atoms with Crippen LogP contribution in [0.4, 0.5) is 5.69 Å². The number of benzene rings is 1. The summed E-state index contributed by atoms with van der Waals surface area (Å²) in [6.07, 6.45) is 9.56. The predicted molar refractivity (Wildman–Crippen MR) is 106 cm³/mol. The van der Waals surface area contributed by atoms with Gasteiger partial charge in [-0.3, -0.25) is 14.3 Å². The average Bonchev–Trinajstić information content (AvgIpc) is 3.17. The van der Waals surface area contributed by atoms with Crippen molar-refractivity contribution >= 4 is 23.4 Å². The van der Waals surface area contributed by atoms with Crippen LogP contribution in [-0.4, -0.2) is 32.8 Å². The number of pyridine rings is 1. The minimum absolute atomic E-state index is 0.0813. The Morgan fingerprint density at radius 1 is 1.22 bits per heavy atom. The second-order valence-electron chi connectivity index (χ2n) is 6.21. The molecule has 7 heteroatoms. The number of carbonyl (C=O) groups excluding carboxylic acids is 1. The summed E-state index contributed by atoms with van der Waals surface area (Å²) < 4.78 is 7.91. The number of fused-ring (bicyclic) bond motifs is 1. The van der Waals surface area contributed by atoms with Gasteiger partial charge in [0.15, 0.2) is 5.16 Å². The molecule has 3 heterocycles. The van der Waals surface area contributed by atoms with Crippen molar-refractivity contribution in [3.8, 4) is 11.4 Å². The zero-order valence-corrected chi connectivity index (χ0v) is 15.6. The topological polar surface area (TPSA) is 69.0 Å². The van der Waals surface area contributed by atoms with E-state index in [1.165, 1.54) is 0 Å². The summed E-state index contributed by atoms with van der Waals surface area (Å²) in [5.74, 6) is 1.85. The standard InChI is InChI=1S/C20H20N4O2S/c25-19-7-4-15-13-17(5-6-18(15)23-19)26-11-2-12-27-20-22-9-10-24(20)16-3-1-8-21-14-16/h1,3,5-6,8-10,13-14H,2,4,7,11-12H2,(H,23,25). The number of thioether (sulfide) groups is 1. The second-order valence-corrected chi connectivity index (χ2v) is 7.27. The van der Waals surface area contributed by atoms with E-state index in [2.05, 4.69) is 15.3 Å². The third-order valence-electron chi connectivity index (χ3n) is 4.29. The SMILES string of the molecule is O=C1CCc2cc(OCCCSc3nccn3-c3cccnc3)ccc2N1. The molecular weight excluding hydrogens is 360 g/mol. The summed E-state index contributed by atoms with van der Waals surface area (Å²) in [4.78, 5) is 20.0. The number of hydrogen-bond acceptors (Lipinski definition) is 5. The van der Waals surface area contributed by atoms with Crippen molar-refractivity contribution in [3.05, 3.63) is 60.7 Å². The Hall–Kier alpha value is -2.80. The van der Waals surface area contributed by atoms with Crippen LogP contribution >= 0.6 is 11.8 Å². The molecule has 0 aliphatic carbocycles. The fraction of sp³-hybridized carbons (Fsp3) is 0.250. The largest absolute Gasteiger partial charge is 0.494 e. The van der Waals surface area contributed by atoms with E-state index in [1.807, 2.05) is 47.3 Å². The van der Waals surface area contributed by atoms with Gasteiger partial charge in [0.1, 0.15) is 5.75 Å². The Labute approximate surface area is 162 Å². The van der Waals surface area contributed by atoms with Gasteiger partial charge in [-0.2, -0.15) is 0 Å². The van der Waals surface area contributed by atoms with Crippen LogP contribution in [0.5, 0.6) is 5.75 Å². The molecule has 6 nitrogen and oxygen atoms in total. The lowest BCUT2D eigenvalue weighted by Gasteiger charge is -2.17. The van der Waals surface area contributed by atoms with Crippen LogP contribution in [0.3, 0.4) is 0 Å². The summed E-state index contributed by atoms with van der Waals surface area (Å²) in [7, 11) is 0. The van der Waals surface area contributed by atoms with Gasteiger partial charge in [0.2, 0.25) is 5.91 Å². The highest BCUT2D eigenvalue weighted by molar-refractivity contribution is 7.99. The van der Waals surface area contributed by atoms with Crippen molar-refractivity contribution in [3.63, 3.8) is 0 Å². The Balaban J connectivity index is 1.26. The Kier molecular flexibility index (Phi) is 5.39. The van der Waals surface area contributed by atoms with Gasteiger partial charge in [-0.25, -0.2) is 4.98 Å². The van der Waals surface area contributed by atoms with Crippen molar-refractivity contribution in [2.24, 2.45) is 0 Å². The first-order valence-corrected chi connectivity index (χ1v) is 9.90. The molecule has 0 saturated carbocycles. The van der Waals surface area contributed by atoms with Crippen molar-refractivity contribution < 1.29 is 9.53 Å². The van der Waals surface area contributed by atoms with Gasteiger partial charge in [-0.05, 0) is 48.7 Å². The van der Waals surface area contributed by atoms with Gasteiger partial charge in [0.05, 0.1) is 18.5 Å². The van der Waals surface area contributed by atoms with Crippen molar-refractivity contribution in [2.45, 2.75) is 24.4 Å². The first kappa shape index (κ1) is 17.6. The summed E-state index contributed by atoms with van der Waals surface area (Å²) in [6, 6.07) is 9.78. The van der Waals surface area contributed by atoms with Crippen molar-refractivity contribution in [2.75, 3.05) is 17.7 Å². The maximum Gasteiger partial charge on any atom is 0.224 e. The molecule has 0 bridgehead atoms. The molecule has 1 aliphatic rings. The van der Waals surface area contributed by atoms with Gasteiger partial charge in [0.25, 0.3) is 0 Å². The molecule has 1 amide bonds. The minimum Gasteiger partial charge on any atom is -0.494 e. The van der Waals surface area contributed by atoms with E-state index in [9.17, 15) is 4.79 Å². The molecule has 0 atom stereocenters. The van der Waals surface area contributed by atoms with E-state index in [4.69, 9.17) is 4.74 Å². The van der Waals surface area contributed by atoms with E-state index in [0.717, 1.165) is 46.4 Å². The number of anilines is 1. The molecular formula is C20H20N4O2S. The lowest BCUT2D eigenvalue weighted by molar-refractivity contribution is -0.116. The van der Waals surface area contributed by atoms with Crippen LogP contribution in [0.2, 0.25) is 0 Å². The van der Waals surface area contributed by atoms with Crippen LogP contribution in [0, 0.1) is 0 Å². The number of imidazole rings is 1. The third-order valence-corrected chi connectivity index (χ3v) is 5.34. The van der Waals surface area contributed by atoms with Gasteiger partial charge >= 0.3 is 0 Å². The number of aryl methyl sites for hydroxylation is 1. The highest BCUT2D eigenvalue weighted by atomic mass is 32.2. The normalized spacial score (nSPS) is 13.1. The fourth-order valence-electron chi connectivity index (χ4n) is 2.95. The zero-order chi connectivity index (χ0) is 18.5. The van der Waals surface area contributed by atoms with E-state index >= 15 is 0 Å². The number of nitrogens with zero attached hydrogens (tertiary/aromatic N) is 3. The van der Waals surface area contributed by atoms with E-state index < -0.39 is 0 Å². The summed E-state index contributed by atoms with van der Waals surface area (Å²) in [5.41, 5.74) is 3.05. The molecule has 1 aromatic carbocycles. The first-order valence-electron chi connectivity index (χ1n) is 8.92. The second kappa shape index (κ2) is 8.26. The number of nitrogens with one attached hydrogen (secondary N) is 1. The number of ether oxygens (including phenoxy) is 1. The van der Waals surface area contributed by atoms with E-state index in [-0.39, 0.29) is 5.91 Å². The molecule has 3 aromatic rings. The molecule has 0 radical (unpaired) electrons. The molecule has 0 spiro atoms. The lowest BCUT2D eigenvalue weighted by Crippen LogP contribution is -2.18. The molecule has 0 saturated heterocycles. The molecule has 0 unspecified atom stereocenters. The van der Waals surface area contributed by atoms with Crippen LogP contribution in [0.15, 0.2) is 60.3 Å². The highest BCUT2D eigenvalue weighted by Gasteiger charge is 2.15. The van der Waals surface area contributed by atoms with Crippen LogP contribution in [0.25, 0.3) is 5.69 Å². The third kappa shape index (κ3) is 4.31. The van der Waals surface area contributed by atoms with Gasteiger partial charge in [-0.1, -0.05) is 11.8 Å². The number of rotatable bonds is 7. The van der Waals surface area contributed by atoms with Crippen LogP contribution in [0.1, 0.15) is 18.4 Å². The summed E-state index contributed by atoms with van der Waals surface area (Å²) in [6.45, 7) is 0.645. The Morgan fingerprint density at radius 3 is 3.07 bits per heavy atom. The molecule has 27 heavy (non-hydrogen) atoms. The number of hydrogen-bond donors (Lipinski definition) is 1. The number of carbonyl (C=O) groups is 1. The average molecular weight is 380 g/mol. The van der Waals surface area contributed by atoms with Gasteiger partial charge in [-0.15, -0.1) is 0 Å². The monoisotopic (exact) mass is 380 g/mol. The Morgan fingerprint density at radius 2 is 2.19 bits per heavy atom. The molecule has 1 N–H and O–H groups in total. The highest BCUT2D eigenvalue weighted by Crippen LogP contribution is 2.27. The maximum absolute atomic E-state index is 11.4. The fourth-order valence-corrected chi connectivity index (χ4v) is 3.84. The quantitative estimate of drug-likeness (QED) is 0.500. The molecule has 138 valence electrons. The molecule has 2 aromatic heterocycles. The molecule has 4 rings (SSSR count). The first-order chi connectivity index (χ1) is 13.3. The van der Waals surface area contributed by atoms with Crippen LogP contribution < -0.4 is 10.1 Å².